The largest absolute Gasteiger partial charge is 0.496 e. The number of rotatable bonds is 6. The number of methoxy groups -OCH3 is 1. The van der Waals surface area contributed by atoms with E-state index in [0.29, 0.717) is 24.4 Å². The van der Waals surface area contributed by atoms with Crippen molar-refractivity contribution in [2.75, 3.05) is 20.2 Å². The van der Waals surface area contributed by atoms with E-state index in [1.54, 1.807) is 7.11 Å². The molecular formula is C18H21NO2. The van der Waals surface area contributed by atoms with Crippen LogP contribution in [0.15, 0.2) is 54.6 Å². The minimum atomic E-state index is 0.0193. The molecule has 0 radical (unpaired) electrons. The van der Waals surface area contributed by atoms with Crippen LogP contribution in [0.5, 0.6) is 5.75 Å². The highest BCUT2D eigenvalue weighted by Crippen LogP contribution is 2.19. The van der Waals surface area contributed by atoms with Crippen molar-refractivity contribution in [2.45, 2.75) is 13.3 Å². The summed E-state index contributed by atoms with van der Waals surface area (Å²) in [4.78, 5) is 14.5. The Morgan fingerprint density at radius 2 is 1.71 bits per heavy atom. The van der Waals surface area contributed by atoms with E-state index in [2.05, 4.69) is 12.1 Å². The molecular weight excluding hydrogens is 262 g/mol. The van der Waals surface area contributed by atoms with Crippen LogP contribution in [0, 0.1) is 0 Å². The van der Waals surface area contributed by atoms with Gasteiger partial charge in [0.1, 0.15) is 5.75 Å². The molecule has 110 valence electrons. The fraction of sp³-hybridized carbons (Fsp3) is 0.278. The first-order chi connectivity index (χ1) is 10.3. The van der Waals surface area contributed by atoms with Crippen LogP contribution in [0.4, 0.5) is 0 Å². The van der Waals surface area contributed by atoms with Crippen LogP contribution >= 0.6 is 0 Å². The summed E-state index contributed by atoms with van der Waals surface area (Å²) in [7, 11) is 1.59. The summed E-state index contributed by atoms with van der Waals surface area (Å²) in [6.45, 7) is 3.39. The van der Waals surface area contributed by atoms with Gasteiger partial charge in [-0.05, 0) is 31.0 Å². The molecule has 0 saturated heterocycles. The molecule has 0 bridgehead atoms. The molecule has 0 atom stereocenters. The Hall–Kier alpha value is -2.29. The summed E-state index contributed by atoms with van der Waals surface area (Å²) in [5.74, 6) is 0.645. The van der Waals surface area contributed by atoms with Crippen molar-refractivity contribution in [3.63, 3.8) is 0 Å². The summed E-state index contributed by atoms with van der Waals surface area (Å²) in [5.41, 5.74) is 1.86. The van der Waals surface area contributed by atoms with Gasteiger partial charge in [0.25, 0.3) is 5.91 Å². The number of benzene rings is 2. The predicted molar refractivity (Wildman–Crippen MR) is 84.7 cm³/mol. The van der Waals surface area contributed by atoms with Gasteiger partial charge in [0.15, 0.2) is 0 Å². The first-order valence-corrected chi connectivity index (χ1v) is 7.22. The van der Waals surface area contributed by atoms with Crippen LogP contribution in [-0.2, 0) is 6.42 Å². The van der Waals surface area contributed by atoms with Gasteiger partial charge in [-0.25, -0.2) is 0 Å². The number of nitrogens with zero attached hydrogens (tertiary/aromatic N) is 1. The van der Waals surface area contributed by atoms with Gasteiger partial charge in [0.2, 0.25) is 0 Å². The fourth-order valence-corrected chi connectivity index (χ4v) is 2.30. The zero-order valence-electron chi connectivity index (χ0n) is 12.6. The lowest BCUT2D eigenvalue weighted by Crippen LogP contribution is -2.33. The van der Waals surface area contributed by atoms with Crippen LogP contribution in [-0.4, -0.2) is 31.0 Å². The zero-order chi connectivity index (χ0) is 15.1. The van der Waals surface area contributed by atoms with Gasteiger partial charge < -0.3 is 9.64 Å². The van der Waals surface area contributed by atoms with Gasteiger partial charge in [-0.15, -0.1) is 0 Å². The van der Waals surface area contributed by atoms with Gasteiger partial charge in [-0.2, -0.15) is 0 Å². The molecule has 1 amide bonds. The third-order valence-corrected chi connectivity index (χ3v) is 3.52. The van der Waals surface area contributed by atoms with E-state index >= 15 is 0 Å². The molecule has 0 aliphatic carbocycles. The number of ether oxygens (including phenoxy) is 1. The number of hydrogen-bond donors (Lipinski definition) is 0. The second-order valence-electron chi connectivity index (χ2n) is 4.82. The second kappa shape index (κ2) is 7.48. The minimum absolute atomic E-state index is 0.0193. The summed E-state index contributed by atoms with van der Waals surface area (Å²) < 4.78 is 5.28. The van der Waals surface area contributed by atoms with Gasteiger partial charge in [0, 0.05) is 13.1 Å². The number of carbonyl (C=O) groups is 1. The van der Waals surface area contributed by atoms with Crippen LogP contribution in [0.3, 0.4) is 0 Å². The van der Waals surface area contributed by atoms with E-state index in [-0.39, 0.29) is 5.91 Å². The van der Waals surface area contributed by atoms with Crippen LogP contribution in [0.1, 0.15) is 22.8 Å². The van der Waals surface area contributed by atoms with Crippen molar-refractivity contribution in [3.05, 3.63) is 65.7 Å². The third kappa shape index (κ3) is 3.85. The van der Waals surface area contributed by atoms with E-state index in [1.807, 2.05) is 54.3 Å². The van der Waals surface area contributed by atoms with Crippen molar-refractivity contribution in [1.29, 1.82) is 0 Å². The lowest BCUT2D eigenvalue weighted by molar-refractivity contribution is 0.0763. The van der Waals surface area contributed by atoms with E-state index in [9.17, 15) is 4.79 Å². The van der Waals surface area contributed by atoms with Crippen LogP contribution in [0.2, 0.25) is 0 Å². The van der Waals surface area contributed by atoms with Crippen LogP contribution in [0.25, 0.3) is 0 Å². The van der Waals surface area contributed by atoms with Gasteiger partial charge in [-0.3, -0.25) is 4.79 Å². The lowest BCUT2D eigenvalue weighted by Gasteiger charge is -2.22. The van der Waals surface area contributed by atoms with E-state index in [1.165, 1.54) is 5.56 Å². The predicted octanol–water partition coefficient (Wildman–Crippen LogP) is 3.40. The van der Waals surface area contributed by atoms with Crippen molar-refractivity contribution >= 4 is 5.91 Å². The third-order valence-electron chi connectivity index (χ3n) is 3.52. The van der Waals surface area contributed by atoms with Gasteiger partial charge >= 0.3 is 0 Å². The van der Waals surface area contributed by atoms with E-state index in [4.69, 9.17) is 4.74 Å². The van der Waals surface area contributed by atoms with Crippen molar-refractivity contribution in [3.8, 4) is 5.75 Å². The Morgan fingerprint density at radius 3 is 2.38 bits per heavy atom. The normalized spacial score (nSPS) is 10.2. The molecule has 21 heavy (non-hydrogen) atoms. The average Bonchev–Trinajstić information content (AvgIpc) is 2.56. The Labute approximate surface area is 126 Å². The second-order valence-corrected chi connectivity index (χ2v) is 4.82. The van der Waals surface area contributed by atoms with Gasteiger partial charge in [-0.1, -0.05) is 42.5 Å². The molecule has 0 aromatic heterocycles. The summed E-state index contributed by atoms with van der Waals surface area (Å²) in [6.07, 6.45) is 0.857. The molecule has 0 N–H and O–H groups in total. The van der Waals surface area contributed by atoms with Crippen molar-refractivity contribution in [2.24, 2.45) is 0 Å². The molecule has 2 rings (SSSR count). The summed E-state index contributed by atoms with van der Waals surface area (Å²) in [5, 5.41) is 0. The summed E-state index contributed by atoms with van der Waals surface area (Å²) in [6, 6.07) is 17.6. The van der Waals surface area contributed by atoms with Crippen molar-refractivity contribution < 1.29 is 9.53 Å². The Bertz CT molecular complexity index is 581. The minimum Gasteiger partial charge on any atom is -0.496 e. The topological polar surface area (TPSA) is 29.5 Å². The Morgan fingerprint density at radius 1 is 1.05 bits per heavy atom. The monoisotopic (exact) mass is 283 g/mol. The smallest absolute Gasteiger partial charge is 0.257 e. The number of para-hydroxylation sites is 1. The number of amides is 1. The maximum atomic E-state index is 12.6. The lowest BCUT2D eigenvalue weighted by atomic mass is 10.1. The highest BCUT2D eigenvalue weighted by atomic mass is 16.5. The highest BCUT2D eigenvalue weighted by molar-refractivity contribution is 5.96. The first kappa shape index (κ1) is 15.1. The SMILES string of the molecule is CCN(CCc1ccccc1)C(=O)c1ccccc1OC. The highest BCUT2D eigenvalue weighted by Gasteiger charge is 2.17. The maximum absolute atomic E-state index is 12.6. The van der Waals surface area contributed by atoms with E-state index in [0.717, 1.165) is 6.42 Å². The molecule has 0 unspecified atom stereocenters. The van der Waals surface area contributed by atoms with Crippen LogP contribution < -0.4 is 4.74 Å². The molecule has 0 aliphatic heterocycles. The van der Waals surface area contributed by atoms with Crippen molar-refractivity contribution in [1.82, 2.24) is 4.90 Å². The Balaban J connectivity index is 2.08. The zero-order valence-corrected chi connectivity index (χ0v) is 12.6. The summed E-state index contributed by atoms with van der Waals surface area (Å²) >= 11 is 0. The maximum Gasteiger partial charge on any atom is 0.257 e. The molecule has 2 aromatic carbocycles. The fourth-order valence-electron chi connectivity index (χ4n) is 2.30. The first-order valence-electron chi connectivity index (χ1n) is 7.22. The molecule has 0 aliphatic rings. The Kier molecular flexibility index (Phi) is 5.38. The van der Waals surface area contributed by atoms with E-state index < -0.39 is 0 Å². The molecule has 0 heterocycles. The molecule has 2 aromatic rings. The molecule has 3 nitrogen and oxygen atoms in total. The average molecular weight is 283 g/mol. The van der Waals surface area contributed by atoms with Gasteiger partial charge in [0.05, 0.1) is 12.7 Å². The molecule has 3 heteroatoms. The number of hydrogen-bond acceptors (Lipinski definition) is 2. The standard InChI is InChI=1S/C18H21NO2/c1-3-19(14-13-15-9-5-4-6-10-15)18(20)16-11-7-8-12-17(16)21-2/h4-12H,3,13-14H2,1-2H3. The number of carbonyl (C=O) groups excluding carboxylic acids is 1. The molecule has 0 fully saturated rings. The molecule has 0 saturated carbocycles. The molecule has 0 spiro atoms. The number of likely N-dealkylation sites (N-methyl/N-ethyl adjacent to an activating group) is 1. The quantitative estimate of drug-likeness (QED) is 0.813.